The lowest BCUT2D eigenvalue weighted by atomic mass is 9.46. The largest absolute Gasteiger partial charge is 0.300 e. The fraction of sp³-hybridized carbons (Fsp3) is 0.810. The van der Waals surface area contributed by atoms with Gasteiger partial charge in [-0.25, -0.2) is 4.39 Å². The minimum atomic E-state index is -0.837. The Morgan fingerprint density at radius 3 is 2.67 bits per heavy atom. The average Bonchev–Trinajstić information content (AvgIpc) is 2.80. The summed E-state index contributed by atoms with van der Waals surface area (Å²) in [6, 6.07) is 0. The molecule has 24 heavy (non-hydrogen) atoms. The van der Waals surface area contributed by atoms with Crippen molar-refractivity contribution in [2.75, 3.05) is 0 Å². The number of hydrogen-bond acceptors (Lipinski definition) is 2. The predicted octanol–water partition coefficient (Wildman–Crippen LogP) is 4.67. The summed E-state index contributed by atoms with van der Waals surface area (Å²) >= 11 is 0. The van der Waals surface area contributed by atoms with Crippen LogP contribution in [0.15, 0.2) is 11.6 Å². The van der Waals surface area contributed by atoms with Gasteiger partial charge >= 0.3 is 0 Å². The molecule has 0 bridgehead atoms. The lowest BCUT2D eigenvalue weighted by molar-refractivity contribution is -0.129. The van der Waals surface area contributed by atoms with Crippen LogP contribution in [0.3, 0.4) is 0 Å². The molecule has 0 saturated heterocycles. The van der Waals surface area contributed by atoms with Crippen molar-refractivity contribution in [3.8, 4) is 0 Å². The van der Waals surface area contributed by atoms with Gasteiger partial charge in [0.1, 0.15) is 12.0 Å². The molecule has 0 aliphatic heterocycles. The lowest BCUT2D eigenvalue weighted by Gasteiger charge is -2.58. The maximum absolute atomic E-state index is 15.1. The average molecular weight is 332 g/mol. The first-order chi connectivity index (χ1) is 11.3. The molecular weight excluding hydrogens is 303 g/mol. The number of fused-ring (bicyclic) bond motifs is 5. The Morgan fingerprint density at radius 2 is 1.96 bits per heavy atom. The Labute approximate surface area is 144 Å². The molecule has 0 aromatic carbocycles. The zero-order valence-electron chi connectivity index (χ0n) is 15.1. The fourth-order valence-corrected chi connectivity index (χ4v) is 7.20. The Kier molecular flexibility index (Phi) is 3.61. The van der Waals surface area contributed by atoms with Crippen molar-refractivity contribution in [2.45, 2.75) is 71.9 Å². The van der Waals surface area contributed by atoms with E-state index in [0.717, 1.165) is 32.1 Å². The number of halogens is 1. The summed E-state index contributed by atoms with van der Waals surface area (Å²) < 4.78 is 15.1. The molecule has 0 radical (unpaired) electrons. The molecule has 4 aliphatic carbocycles. The number of rotatable bonds is 1. The molecule has 3 heteroatoms. The summed E-state index contributed by atoms with van der Waals surface area (Å²) in [5.74, 6) is 1.22. The molecule has 0 N–H and O–H groups in total. The van der Waals surface area contributed by atoms with Gasteiger partial charge in [0.15, 0.2) is 5.78 Å². The SMILES string of the molecule is CC(=O)C1CC(F)C2C3CCC4=CC(=O)CCC4(C)C3CCC12C. The minimum absolute atomic E-state index is 0.0288. The van der Waals surface area contributed by atoms with E-state index in [2.05, 4.69) is 13.8 Å². The summed E-state index contributed by atoms with van der Waals surface area (Å²) in [7, 11) is 0. The van der Waals surface area contributed by atoms with E-state index < -0.39 is 6.17 Å². The van der Waals surface area contributed by atoms with Crippen molar-refractivity contribution in [1.29, 1.82) is 0 Å². The van der Waals surface area contributed by atoms with Crippen molar-refractivity contribution in [3.63, 3.8) is 0 Å². The molecule has 0 aromatic rings. The van der Waals surface area contributed by atoms with Crippen LogP contribution in [0.1, 0.15) is 65.7 Å². The second kappa shape index (κ2) is 5.25. The van der Waals surface area contributed by atoms with Crippen LogP contribution in [0, 0.1) is 34.5 Å². The van der Waals surface area contributed by atoms with Gasteiger partial charge in [0, 0.05) is 12.3 Å². The molecule has 0 amide bonds. The molecular formula is C21H29FO2. The standard InChI is InChI=1S/C21H29FO2/c1-12(23)17-11-18(22)19-15-5-4-13-10-14(24)6-8-20(13,2)16(15)7-9-21(17,19)3/h10,15-19H,4-9,11H2,1-3H3. The summed E-state index contributed by atoms with van der Waals surface area (Å²) in [6.45, 7) is 6.14. The summed E-state index contributed by atoms with van der Waals surface area (Å²) in [4.78, 5) is 24.0. The third kappa shape index (κ3) is 2.05. The zero-order valence-corrected chi connectivity index (χ0v) is 15.1. The van der Waals surface area contributed by atoms with E-state index >= 15 is 4.39 Å². The molecule has 4 aliphatic rings. The first-order valence-corrected chi connectivity index (χ1v) is 9.66. The van der Waals surface area contributed by atoms with Gasteiger partial charge in [-0.1, -0.05) is 19.4 Å². The van der Waals surface area contributed by atoms with Crippen LogP contribution in [0.5, 0.6) is 0 Å². The van der Waals surface area contributed by atoms with Gasteiger partial charge < -0.3 is 0 Å². The molecule has 7 unspecified atom stereocenters. The topological polar surface area (TPSA) is 34.1 Å². The summed E-state index contributed by atoms with van der Waals surface area (Å²) in [6.07, 6.45) is 7.02. The van der Waals surface area contributed by atoms with Gasteiger partial charge in [0.25, 0.3) is 0 Å². The normalized spacial score (nSPS) is 50.6. The van der Waals surface area contributed by atoms with Gasteiger partial charge in [-0.2, -0.15) is 0 Å². The third-order valence-corrected chi connectivity index (χ3v) is 8.40. The molecule has 132 valence electrons. The van der Waals surface area contributed by atoms with Crippen molar-refractivity contribution in [2.24, 2.45) is 34.5 Å². The molecule has 0 spiro atoms. The molecule has 0 aromatic heterocycles. The Balaban J connectivity index is 1.70. The number of hydrogen-bond donors (Lipinski definition) is 0. The Bertz CT molecular complexity index is 623. The van der Waals surface area contributed by atoms with E-state index in [1.165, 1.54) is 5.57 Å². The number of alkyl halides is 1. The summed E-state index contributed by atoms with van der Waals surface area (Å²) in [5.41, 5.74) is 1.24. The number of carbonyl (C=O) groups is 2. The van der Waals surface area contributed by atoms with Gasteiger partial charge in [-0.3, -0.25) is 9.59 Å². The van der Waals surface area contributed by atoms with E-state index in [1.54, 1.807) is 6.92 Å². The van der Waals surface area contributed by atoms with Gasteiger partial charge in [-0.15, -0.1) is 0 Å². The third-order valence-electron chi connectivity index (χ3n) is 8.40. The van der Waals surface area contributed by atoms with Crippen molar-refractivity contribution in [1.82, 2.24) is 0 Å². The molecule has 3 fully saturated rings. The molecule has 4 rings (SSSR count). The molecule has 0 heterocycles. The highest BCUT2D eigenvalue weighted by atomic mass is 19.1. The predicted molar refractivity (Wildman–Crippen MR) is 91.2 cm³/mol. The number of carbonyl (C=O) groups excluding carboxylic acids is 2. The quantitative estimate of drug-likeness (QED) is 0.699. The van der Waals surface area contributed by atoms with Crippen LogP contribution in [0.4, 0.5) is 4.39 Å². The lowest BCUT2D eigenvalue weighted by Crippen LogP contribution is -2.52. The van der Waals surface area contributed by atoms with Crippen LogP contribution >= 0.6 is 0 Å². The van der Waals surface area contributed by atoms with Crippen LogP contribution in [-0.2, 0) is 9.59 Å². The van der Waals surface area contributed by atoms with Crippen LogP contribution in [-0.4, -0.2) is 17.7 Å². The number of Topliss-reactive ketones (excluding diaryl/α,β-unsaturated/α-hetero) is 1. The molecule has 2 nitrogen and oxygen atoms in total. The van der Waals surface area contributed by atoms with Gasteiger partial charge in [-0.05, 0) is 80.1 Å². The van der Waals surface area contributed by atoms with E-state index in [-0.39, 0.29) is 34.2 Å². The van der Waals surface area contributed by atoms with E-state index in [0.29, 0.717) is 24.7 Å². The van der Waals surface area contributed by atoms with Crippen LogP contribution in [0.25, 0.3) is 0 Å². The van der Waals surface area contributed by atoms with E-state index in [1.807, 2.05) is 6.08 Å². The highest BCUT2D eigenvalue weighted by Crippen LogP contribution is 2.67. The van der Waals surface area contributed by atoms with Crippen LogP contribution < -0.4 is 0 Å². The van der Waals surface area contributed by atoms with Gasteiger partial charge in [0.2, 0.25) is 0 Å². The Morgan fingerprint density at radius 1 is 1.21 bits per heavy atom. The second-order valence-electron chi connectivity index (χ2n) is 9.35. The second-order valence-corrected chi connectivity index (χ2v) is 9.35. The maximum atomic E-state index is 15.1. The van der Waals surface area contributed by atoms with Crippen molar-refractivity contribution in [3.05, 3.63) is 11.6 Å². The smallest absolute Gasteiger partial charge is 0.155 e. The van der Waals surface area contributed by atoms with Crippen molar-refractivity contribution < 1.29 is 14.0 Å². The summed E-state index contributed by atoms with van der Waals surface area (Å²) in [5, 5.41) is 0. The maximum Gasteiger partial charge on any atom is 0.155 e. The fourth-order valence-electron chi connectivity index (χ4n) is 7.20. The molecule has 3 saturated carbocycles. The van der Waals surface area contributed by atoms with Crippen LogP contribution in [0.2, 0.25) is 0 Å². The van der Waals surface area contributed by atoms with Crippen molar-refractivity contribution >= 4 is 11.6 Å². The zero-order chi connectivity index (χ0) is 17.3. The number of allylic oxidation sites excluding steroid dienone is 1. The highest BCUT2D eigenvalue weighted by molar-refractivity contribution is 5.91. The first kappa shape index (κ1) is 16.5. The monoisotopic (exact) mass is 332 g/mol. The van der Waals surface area contributed by atoms with Gasteiger partial charge in [0.05, 0.1) is 0 Å². The van der Waals surface area contributed by atoms with E-state index in [9.17, 15) is 9.59 Å². The highest BCUT2D eigenvalue weighted by Gasteiger charge is 2.63. The first-order valence-electron chi connectivity index (χ1n) is 9.66. The van der Waals surface area contributed by atoms with E-state index in [4.69, 9.17) is 0 Å². The minimum Gasteiger partial charge on any atom is -0.300 e. The number of ketones is 2. The Hall–Kier alpha value is -0.990. The molecule has 7 atom stereocenters.